The number of rotatable bonds is 3. The summed E-state index contributed by atoms with van der Waals surface area (Å²) in [4.78, 5) is 11.3. The minimum atomic E-state index is -0.143. The van der Waals surface area contributed by atoms with Gasteiger partial charge in [0.1, 0.15) is 5.75 Å². The number of hydrogen-bond acceptors (Lipinski definition) is 4. The molecule has 0 bridgehead atoms. The maximum absolute atomic E-state index is 11.3. The zero-order valence-electron chi connectivity index (χ0n) is 7.16. The van der Waals surface area contributed by atoms with E-state index in [-0.39, 0.29) is 24.5 Å². The zero-order chi connectivity index (χ0) is 9.84. The number of phenolic OH excluding ortho intramolecular Hbond substituents is 1. The molecule has 0 radical (unpaired) electrons. The van der Waals surface area contributed by atoms with Crippen LogP contribution < -0.4 is 11.5 Å². The lowest BCUT2D eigenvalue weighted by Gasteiger charge is -2.03. The molecule has 1 rings (SSSR count). The summed E-state index contributed by atoms with van der Waals surface area (Å²) in [5.41, 5.74) is 11.5. The summed E-state index contributed by atoms with van der Waals surface area (Å²) in [6.07, 6.45) is 0.244. The highest BCUT2D eigenvalue weighted by molar-refractivity contribution is 6.01. The standard InChI is InChI=1S/C9H12N2O2/c10-4-3-9(13)7-5-6(12)1-2-8(7)11/h1-2,5,12H,3-4,10-11H2. The van der Waals surface area contributed by atoms with Crippen LogP contribution in [0.5, 0.6) is 5.75 Å². The largest absolute Gasteiger partial charge is 0.508 e. The molecule has 1 aromatic rings. The van der Waals surface area contributed by atoms with Gasteiger partial charge in [0.15, 0.2) is 5.78 Å². The van der Waals surface area contributed by atoms with Crippen molar-refractivity contribution < 1.29 is 9.90 Å². The first-order valence-corrected chi connectivity index (χ1v) is 3.97. The van der Waals surface area contributed by atoms with Crippen LogP contribution in [0.4, 0.5) is 5.69 Å². The SMILES string of the molecule is NCCC(=O)c1cc(O)ccc1N. The first kappa shape index (κ1) is 9.54. The number of nitrogen functional groups attached to an aromatic ring is 1. The molecule has 0 fully saturated rings. The molecule has 0 atom stereocenters. The van der Waals surface area contributed by atoms with Crippen LogP contribution in [0.25, 0.3) is 0 Å². The number of nitrogens with two attached hydrogens (primary N) is 2. The molecule has 4 nitrogen and oxygen atoms in total. The van der Waals surface area contributed by atoms with Crippen LogP contribution in [0.15, 0.2) is 18.2 Å². The van der Waals surface area contributed by atoms with Crippen LogP contribution in [0.2, 0.25) is 0 Å². The third kappa shape index (κ3) is 2.19. The Bertz CT molecular complexity index is 323. The molecule has 1 aromatic carbocycles. The van der Waals surface area contributed by atoms with E-state index in [4.69, 9.17) is 16.6 Å². The topological polar surface area (TPSA) is 89.3 Å². The molecule has 5 N–H and O–H groups in total. The number of ketones is 1. The molecule has 0 aliphatic heterocycles. The van der Waals surface area contributed by atoms with Crippen molar-refractivity contribution in [3.05, 3.63) is 23.8 Å². The third-order valence-corrected chi connectivity index (χ3v) is 1.71. The smallest absolute Gasteiger partial charge is 0.166 e. The molecule has 0 aromatic heterocycles. The van der Waals surface area contributed by atoms with Gasteiger partial charge in [-0.3, -0.25) is 4.79 Å². The fourth-order valence-electron chi connectivity index (χ4n) is 1.05. The minimum absolute atomic E-state index is 0.0366. The normalized spacial score (nSPS) is 9.92. The second-order valence-electron chi connectivity index (χ2n) is 2.73. The van der Waals surface area contributed by atoms with Gasteiger partial charge in [-0.1, -0.05) is 0 Å². The Morgan fingerprint density at radius 2 is 2.15 bits per heavy atom. The Morgan fingerprint density at radius 1 is 1.46 bits per heavy atom. The van der Waals surface area contributed by atoms with Gasteiger partial charge in [-0.05, 0) is 24.7 Å². The van der Waals surface area contributed by atoms with E-state index in [0.29, 0.717) is 11.3 Å². The molecule has 70 valence electrons. The van der Waals surface area contributed by atoms with Gasteiger partial charge in [-0.25, -0.2) is 0 Å². The Kier molecular flexibility index (Phi) is 2.87. The summed E-state index contributed by atoms with van der Waals surface area (Å²) in [6.45, 7) is 0.286. The quantitative estimate of drug-likeness (QED) is 0.359. The minimum Gasteiger partial charge on any atom is -0.508 e. The lowest BCUT2D eigenvalue weighted by molar-refractivity contribution is 0.0986. The number of hydrogen-bond donors (Lipinski definition) is 3. The second kappa shape index (κ2) is 3.91. The third-order valence-electron chi connectivity index (χ3n) is 1.71. The van der Waals surface area contributed by atoms with E-state index >= 15 is 0 Å². The summed E-state index contributed by atoms with van der Waals surface area (Å²) in [6, 6.07) is 4.29. The first-order valence-electron chi connectivity index (χ1n) is 3.97. The van der Waals surface area contributed by atoms with Gasteiger partial charge >= 0.3 is 0 Å². The number of benzene rings is 1. The number of carbonyl (C=O) groups is 1. The zero-order valence-corrected chi connectivity index (χ0v) is 7.16. The van der Waals surface area contributed by atoms with E-state index in [1.807, 2.05) is 0 Å². The fraction of sp³-hybridized carbons (Fsp3) is 0.222. The van der Waals surface area contributed by atoms with Crippen molar-refractivity contribution in [3.8, 4) is 5.75 Å². The van der Waals surface area contributed by atoms with E-state index in [0.717, 1.165) is 0 Å². The summed E-state index contributed by atoms with van der Waals surface area (Å²) < 4.78 is 0. The summed E-state index contributed by atoms with van der Waals surface area (Å²) in [5, 5.41) is 9.12. The molecule has 4 heteroatoms. The highest BCUT2D eigenvalue weighted by Crippen LogP contribution is 2.19. The number of phenols is 1. The van der Waals surface area contributed by atoms with Crippen molar-refractivity contribution >= 4 is 11.5 Å². The van der Waals surface area contributed by atoms with Gasteiger partial charge in [-0.15, -0.1) is 0 Å². The van der Waals surface area contributed by atoms with E-state index < -0.39 is 0 Å². The van der Waals surface area contributed by atoms with Crippen LogP contribution >= 0.6 is 0 Å². The predicted molar refractivity (Wildman–Crippen MR) is 50.5 cm³/mol. The average Bonchev–Trinajstić information content (AvgIpc) is 2.09. The maximum Gasteiger partial charge on any atom is 0.166 e. The molecular formula is C9H12N2O2. The highest BCUT2D eigenvalue weighted by Gasteiger charge is 2.08. The van der Waals surface area contributed by atoms with Gasteiger partial charge < -0.3 is 16.6 Å². The van der Waals surface area contributed by atoms with E-state index in [1.165, 1.54) is 18.2 Å². The molecule has 0 saturated carbocycles. The van der Waals surface area contributed by atoms with Gasteiger partial charge in [0, 0.05) is 17.7 Å². The van der Waals surface area contributed by atoms with Crippen molar-refractivity contribution in [2.45, 2.75) is 6.42 Å². The monoisotopic (exact) mass is 180 g/mol. The van der Waals surface area contributed by atoms with Crippen molar-refractivity contribution in [1.82, 2.24) is 0 Å². The van der Waals surface area contributed by atoms with Crippen LogP contribution in [0.3, 0.4) is 0 Å². The molecule has 0 saturated heterocycles. The Morgan fingerprint density at radius 3 is 2.77 bits per heavy atom. The van der Waals surface area contributed by atoms with Gasteiger partial charge in [-0.2, -0.15) is 0 Å². The van der Waals surface area contributed by atoms with E-state index in [1.54, 1.807) is 0 Å². The van der Waals surface area contributed by atoms with Crippen molar-refractivity contribution in [1.29, 1.82) is 0 Å². The van der Waals surface area contributed by atoms with Gasteiger partial charge in [0.05, 0.1) is 0 Å². The Balaban J connectivity index is 2.99. The Labute approximate surface area is 76.2 Å². The van der Waals surface area contributed by atoms with E-state index in [9.17, 15) is 4.79 Å². The van der Waals surface area contributed by atoms with Crippen LogP contribution in [0.1, 0.15) is 16.8 Å². The molecular weight excluding hydrogens is 168 g/mol. The summed E-state index contributed by atoms with van der Waals surface area (Å²) in [7, 11) is 0. The van der Waals surface area contributed by atoms with Crippen LogP contribution in [-0.4, -0.2) is 17.4 Å². The molecule has 0 heterocycles. The average molecular weight is 180 g/mol. The van der Waals surface area contributed by atoms with Crippen molar-refractivity contribution in [2.24, 2.45) is 5.73 Å². The Hall–Kier alpha value is -1.55. The summed E-state index contributed by atoms with van der Waals surface area (Å²) in [5.74, 6) is -0.106. The fourth-order valence-corrected chi connectivity index (χ4v) is 1.05. The van der Waals surface area contributed by atoms with Crippen molar-refractivity contribution in [3.63, 3.8) is 0 Å². The molecule has 0 unspecified atom stereocenters. The van der Waals surface area contributed by atoms with E-state index in [2.05, 4.69) is 0 Å². The van der Waals surface area contributed by atoms with Crippen LogP contribution in [-0.2, 0) is 0 Å². The first-order chi connectivity index (χ1) is 6.15. The second-order valence-corrected chi connectivity index (χ2v) is 2.73. The number of aromatic hydroxyl groups is 1. The highest BCUT2D eigenvalue weighted by atomic mass is 16.3. The number of anilines is 1. The number of Topliss-reactive ketones (excluding diaryl/α,β-unsaturated/α-hetero) is 1. The van der Waals surface area contributed by atoms with Gasteiger partial charge in [0.25, 0.3) is 0 Å². The molecule has 0 amide bonds. The number of carbonyl (C=O) groups excluding carboxylic acids is 1. The van der Waals surface area contributed by atoms with Gasteiger partial charge in [0.2, 0.25) is 0 Å². The lowest BCUT2D eigenvalue weighted by atomic mass is 10.1. The lowest BCUT2D eigenvalue weighted by Crippen LogP contribution is -2.09. The molecule has 0 aliphatic carbocycles. The van der Waals surface area contributed by atoms with Crippen LogP contribution in [0, 0.1) is 0 Å². The predicted octanol–water partition coefficient (Wildman–Crippen LogP) is 0.506. The molecule has 13 heavy (non-hydrogen) atoms. The summed E-state index contributed by atoms with van der Waals surface area (Å²) >= 11 is 0. The maximum atomic E-state index is 11.3. The molecule has 0 aliphatic rings. The van der Waals surface area contributed by atoms with Crippen molar-refractivity contribution in [2.75, 3.05) is 12.3 Å². The molecule has 0 spiro atoms.